The zero-order valence-corrected chi connectivity index (χ0v) is 11.7. The molecular formula is C14H17NO5. The van der Waals surface area contributed by atoms with Crippen LogP contribution in [0.1, 0.15) is 18.0 Å². The molecule has 0 saturated carbocycles. The van der Waals surface area contributed by atoms with Crippen LogP contribution in [0.2, 0.25) is 0 Å². The van der Waals surface area contributed by atoms with Crippen molar-refractivity contribution in [1.82, 2.24) is 4.90 Å². The minimum absolute atomic E-state index is 0.0115. The SMILES string of the molecule is COC(=O)N1CCC(=O)C1c1ccc(OC)c(OC)c1. The lowest BCUT2D eigenvalue weighted by Gasteiger charge is -2.23. The van der Waals surface area contributed by atoms with Gasteiger partial charge in [0.1, 0.15) is 6.04 Å². The Labute approximate surface area is 117 Å². The van der Waals surface area contributed by atoms with Gasteiger partial charge in [0, 0.05) is 13.0 Å². The van der Waals surface area contributed by atoms with E-state index in [2.05, 4.69) is 0 Å². The Morgan fingerprint density at radius 3 is 2.50 bits per heavy atom. The van der Waals surface area contributed by atoms with E-state index in [0.29, 0.717) is 30.0 Å². The van der Waals surface area contributed by atoms with Gasteiger partial charge in [0.25, 0.3) is 0 Å². The molecule has 0 bridgehead atoms. The first kappa shape index (κ1) is 14.2. The molecule has 1 heterocycles. The maximum absolute atomic E-state index is 12.0. The topological polar surface area (TPSA) is 65.1 Å². The predicted octanol–water partition coefficient (Wildman–Crippen LogP) is 1.79. The lowest BCUT2D eigenvalue weighted by Crippen LogP contribution is -2.32. The fraction of sp³-hybridized carbons (Fsp3) is 0.429. The van der Waals surface area contributed by atoms with Crippen molar-refractivity contribution < 1.29 is 23.8 Å². The van der Waals surface area contributed by atoms with Gasteiger partial charge >= 0.3 is 6.09 Å². The van der Waals surface area contributed by atoms with Crippen LogP contribution in [0.4, 0.5) is 4.79 Å². The van der Waals surface area contributed by atoms with Crippen LogP contribution >= 0.6 is 0 Å². The van der Waals surface area contributed by atoms with Crippen LogP contribution in [0.25, 0.3) is 0 Å². The van der Waals surface area contributed by atoms with Crippen LogP contribution in [0, 0.1) is 0 Å². The zero-order valence-electron chi connectivity index (χ0n) is 11.7. The molecule has 0 radical (unpaired) electrons. The summed E-state index contributed by atoms with van der Waals surface area (Å²) < 4.78 is 15.1. The molecule has 1 atom stereocenters. The highest BCUT2D eigenvalue weighted by atomic mass is 16.5. The van der Waals surface area contributed by atoms with Crippen molar-refractivity contribution in [2.75, 3.05) is 27.9 Å². The zero-order chi connectivity index (χ0) is 14.7. The molecule has 2 rings (SSSR count). The molecule has 1 aliphatic heterocycles. The summed E-state index contributed by atoms with van der Waals surface area (Å²) in [6.45, 7) is 0.366. The summed E-state index contributed by atoms with van der Waals surface area (Å²) in [6.07, 6.45) is -0.177. The van der Waals surface area contributed by atoms with Gasteiger partial charge in [-0.25, -0.2) is 4.79 Å². The van der Waals surface area contributed by atoms with Gasteiger partial charge < -0.3 is 14.2 Å². The molecule has 1 amide bonds. The summed E-state index contributed by atoms with van der Waals surface area (Å²) in [5, 5.41) is 0. The van der Waals surface area contributed by atoms with Crippen molar-refractivity contribution in [2.45, 2.75) is 12.5 Å². The molecule has 0 spiro atoms. The molecule has 1 aliphatic rings. The number of hydrogen-bond donors (Lipinski definition) is 0. The van der Waals surface area contributed by atoms with Crippen molar-refractivity contribution >= 4 is 11.9 Å². The van der Waals surface area contributed by atoms with Crippen LogP contribution < -0.4 is 9.47 Å². The van der Waals surface area contributed by atoms with Crippen LogP contribution in [0.15, 0.2) is 18.2 Å². The third kappa shape index (κ3) is 2.41. The highest BCUT2D eigenvalue weighted by molar-refractivity contribution is 5.91. The van der Waals surface area contributed by atoms with Crippen molar-refractivity contribution in [2.24, 2.45) is 0 Å². The van der Waals surface area contributed by atoms with Crippen molar-refractivity contribution in [3.63, 3.8) is 0 Å². The van der Waals surface area contributed by atoms with Crippen LogP contribution in [-0.2, 0) is 9.53 Å². The number of rotatable bonds is 3. The first-order valence-electron chi connectivity index (χ1n) is 6.21. The second-order valence-corrected chi connectivity index (χ2v) is 4.40. The van der Waals surface area contributed by atoms with E-state index in [1.807, 2.05) is 0 Å². The van der Waals surface area contributed by atoms with Gasteiger partial charge in [0.2, 0.25) is 0 Å². The lowest BCUT2D eigenvalue weighted by atomic mass is 10.0. The molecule has 108 valence electrons. The molecule has 1 fully saturated rings. The summed E-state index contributed by atoms with van der Waals surface area (Å²) >= 11 is 0. The van der Waals surface area contributed by atoms with Crippen LogP contribution in [0.5, 0.6) is 11.5 Å². The summed E-state index contributed by atoms with van der Waals surface area (Å²) in [5.41, 5.74) is 0.690. The number of amides is 1. The Balaban J connectivity index is 2.37. The Morgan fingerprint density at radius 2 is 1.90 bits per heavy atom. The number of hydrogen-bond acceptors (Lipinski definition) is 5. The third-order valence-electron chi connectivity index (χ3n) is 3.35. The number of carbonyl (C=O) groups is 2. The number of carbonyl (C=O) groups excluding carboxylic acids is 2. The number of ether oxygens (including phenoxy) is 3. The van der Waals surface area contributed by atoms with Gasteiger partial charge in [-0.15, -0.1) is 0 Å². The van der Waals surface area contributed by atoms with E-state index in [-0.39, 0.29) is 5.78 Å². The minimum atomic E-state index is -0.623. The first-order valence-corrected chi connectivity index (χ1v) is 6.21. The number of Topliss-reactive ketones (excluding diaryl/α,β-unsaturated/α-hetero) is 1. The lowest BCUT2D eigenvalue weighted by molar-refractivity contribution is -0.119. The van der Waals surface area contributed by atoms with E-state index in [0.717, 1.165) is 0 Å². The second-order valence-electron chi connectivity index (χ2n) is 4.40. The summed E-state index contributed by atoms with van der Waals surface area (Å²) in [4.78, 5) is 25.2. The maximum atomic E-state index is 12.0. The molecule has 1 unspecified atom stereocenters. The van der Waals surface area contributed by atoms with E-state index in [4.69, 9.17) is 14.2 Å². The second kappa shape index (κ2) is 5.81. The molecule has 0 aliphatic carbocycles. The summed E-state index contributed by atoms with van der Waals surface area (Å²) in [7, 11) is 4.37. The minimum Gasteiger partial charge on any atom is -0.493 e. The number of ketones is 1. The monoisotopic (exact) mass is 279 g/mol. The largest absolute Gasteiger partial charge is 0.493 e. The molecule has 6 heteroatoms. The van der Waals surface area contributed by atoms with E-state index in [9.17, 15) is 9.59 Å². The average Bonchev–Trinajstić information content (AvgIpc) is 2.87. The van der Waals surface area contributed by atoms with Gasteiger partial charge in [0.05, 0.1) is 21.3 Å². The smallest absolute Gasteiger partial charge is 0.410 e. The highest BCUT2D eigenvalue weighted by Gasteiger charge is 2.37. The molecule has 1 aromatic rings. The van der Waals surface area contributed by atoms with E-state index >= 15 is 0 Å². The van der Waals surface area contributed by atoms with E-state index in [1.165, 1.54) is 19.1 Å². The van der Waals surface area contributed by atoms with Gasteiger partial charge in [-0.05, 0) is 17.7 Å². The highest BCUT2D eigenvalue weighted by Crippen LogP contribution is 2.35. The number of methoxy groups -OCH3 is 3. The molecule has 1 saturated heterocycles. The predicted molar refractivity (Wildman–Crippen MR) is 71.0 cm³/mol. The average molecular weight is 279 g/mol. The normalized spacial score (nSPS) is 18.1. The van der Waals surface area contributed by atoms with Crippen LogP contribution in [-0.4, -0.2) is 44.7 Å². The molecule has 6 nitrogen and oxygen atoms in total. The first-order chi connectivity index (χ1) is 9.62. The summed E-state index contributed by atoms with van der Waals surface area (Å²) in [5.74, 6) is 1.09. The van der Waals surface area contributed by atoms with Gasteiger partial charge in [0.15, 0.2) is 17.3 Å². The van der Waals surface area contributed by atoms with Crippen molar-refractivity contribution in [3.05, 3.63) is 23.8 Å². The van der Waals surface area contributed by atoms with Crippen molar-refractivity contribution in [3.8, 4) is 11.5 Å². The quantitative estimate of drug-likeness (QED) is 0.844. The van der Waals surface area contributed by atoms with E-state index in [1.54, 1.807) is 25.3 Å². The Morgan fingerprint density at radius 1 is 1.20 bits per heavy atom. The van der Waals surface area contributed by atoms with Gasteiger partial charge in [-0.2, -0.15) is 0 Å². The van der Waals surface area contributed by atoms with Gasteiger partial charge in [-0.3, -0.25) is 9.69 Å². The number of benzene rings is 1. The molecular weight excluding hydrogens is 262 g/mol. The standard InChI is InChI=1S/C14H17NO5/c1-18-11-5-4-9(8-12(11)19-2)13-10(16)6-7-15(13)14(17)20-3/h4-5,8,13H,6-7H2,1-3H3. The Kier molecular flexibility index (Phi) is 4.12. The Bertz CT molecular complexity index is 528. The van der Waals surface area contributed by atoms with Crippen molar-refractivity contribution in [1.29, 1.82) is 0 Å². The van der Waals surface area contributed by atoms with Crippen LogP contribution in [0.3, 0.4) is 0 Å². The third-order valence-corrected chi connectivity index (χ3v) is 3.35. The maximum Gasteiger partial charge on any atom is 0.410 e. The molecule has 1 aromatic carbocycles. The molecule has 0 N–H and O–H groups in total. The Hall–Kier alpha value is -2.24. The van der Waals surface area contributed by atoms with E-state index < -0.39 is 12.1 Å². The summed E-state index contributed by atoms with van der Waals surface area (Å²) in [6, 6.07) is 4.56. The molecule has 20 heavy (non-hydrogen) atoms. The fourth-order valence-electron chi connectivity index (χ4n) is 2.37. The number of nitrogens with zero attached hydrogens (tertiary/aromatic N) is 1. The fourth-order valence-corrected chi connectivity index (χ4v) is 2.37. The number of likely N-dealkylation sites (tertiary alicyclic amines) is 1. The van der Waals surface area contributed by atoms with Gasteiger partial charge in [-0.1, -0.05) is 6.07 Å². The molecule has 0 aromatic heterocycles.